The number of alkyl carbamates (subject to hydrolysis) is 1. The van der Waals surface area contributed by atoms with Gasteiger partial charge in [0, 0.05) is 31.3 Å². The Morgan fingerprint density at radius 3 is 2.56 bits per heavy atom. The van der Waals surface area contributed by atoms with Gasteiger partial charge in [-0.05, 0) is 52.8 Å². The predicted octanol–water partition coefficient (Wildman–Crippen LogP) is 2.60. The van der Waals surface area contributed by atoms with Crippen LogP contribution in [0.15, 0.2) is 30.6 Å². The number of ether oxygens (including phenoxy) is 2. The number of hydrogen-bond acceptors (Lipinski definition) is 10. The fourth-order valence-corrected chi connectivity index (χ4v) is 5.91. The molecule has 0 radical (unpaired) electrons. The summed E-state index contributed by atoms with van der Waals surface area (Å²) in [7, 11) is -3.19. The smallest absolute Gasteiger partial charge is 0.407 e. The van der Waals surface area contributed by atoms with Crippen LogP contribution < -0.4 is 15.5 Å². The largest absolute Gasteiger partial charge is 0.444 e. The Morgan fingerprint density at radius 1 is 1.22 bits per heavy atom. The van der Waals surface area contributed by atoms with Crippen molar-refractivity contribution >= 4 is 33.3 Å². The molecule has 2 aromatic heterocycles. The second-order valence-electron chi connectivity index (χ2n) is 11.5. The van der Waals surface area contributed by atoms with Crippen LogP contribution in [0.2, 0.25) is 0 Å². The molecule has 0 saturated carbocycles. The van der Waals surface area contributed by atoms with Crippen molar-refractivity contribution in [2.75, 3.05) is 34.8 Å². The summed E-state index contributed by atoms with van der Waals surface area (Å²) >= 11 is 0. The molecule has 4 heterocycles. The van der Waals surface area contributed by atoms with Crippen molar-refractivity contribution in [2.24, 2.45) is 0 Å². The van der Waals surface area contributed by atoms with Gasteiger partial charge in [-0.25, -0.2) is 22.6 Å². The number of anilines is 2. The van der Waals surface area contributed by atoms with Crippen molar-refractivity contribution in [1.82, 2.24) is 15.3 Å². The minimum atomic E-state index is -3.19. The third-order valence-corrected chi connectivity index (χ3v) is 8.80. The Hall–Kier alpha value is -3.36. The number of aromatic nitrogens is 2. The highest BCUT2D eigenvalue weighted by Crippen LogP contribution is 2.39. The number of rotatable bonds is 5. The van der Waals surface area contributed by atoms with Crippen molar-refractivity contribution in [3.05, 3.63) is 47.7 Å². The number of hydrogen-bond donors (Lipinski definition) is 3. The van der Waals surface area contributed by atoms with Crippen LogP contribution in [0.5, 0.6) is 0 Å². The molecule has 4 atom stereocenters. The molecule has 224 valence electrons. The lowest BCUT2D eigenvalue weighted by Gasteiger charge is -2.45. The summed E-state index contributed by atoms with van der Waals surface area (Å²) < 4.78 is 49.6. The average molecular weight is 594 g/mol. The summed E-state index contributed by atoms with van der Waals surface area (Å²) in [6.07, 6.45) is 1.11. The second kappa shape index (κ2) is 11.5. The molecular weight excluding hydrogens is 557 g/mol. The fourth-order valence-electron chi connectivity index (χ4n) is 4.71. The lowest BCUT2D eigenvalue weighted by molar-refractivity contribution is -0.176. The zero-order chi connectivity index (χ0) is 30.2. The molecule has 2 saturated heterocycles. The molecule has 14 heteroatoms. The van der Waals surface area contributed by atoms with Gasteiger partial charge in [0.2, 0.25) is 0 Å². The summed E-state index contributed by atoms with van der Waals surface area (Å²) in [6, 6.07) is 3.28. The van der Waals surface area contributed by atoms with E-state index in [1.165, 1.54) is 23.4 Å². The summed E-state index contributed by atoms with van der Waals surface area (Å²) in [6.45, 7) is 8.62. The number of nitrogens with one attached hydrogen (secondary N) is 2. The molecule has 0 aliphatic carbocycles. The van der Waals surface area contributed by atoms with Crippen LogP contribution in [-0.2, 0) is 19.3 Å². The molecule has 2 amide bonds. The number of carbonyl (C=O) groups is 2. The van der Waals surface area contributed by atoms with Gasteiger partial charge >= 0.3 is 6.09 Å². The number of pyridine rings is 2. The van der Waals surface area contributed by atoms with E-state index in [1.807, 2.05) is 0 Å². The molecule has 41 heavy (non-hydrogen) atoms. The van der Waals surface area contributed by atoms with Gasteiger partial charge in [-0.2, -0.15) is 0 Å². The monoisotopic (exact) mass is 593 g/mol. The van der Waals surface area contributed by atoms with Crippen LogP contribution in [0.25, 0.3) is 0 Å². The first kappa shape index (κ1) is 30.6. The van der Waals surface area contributed by atoms with E-state index >= 15 is 0 Å². The van der Waals surface area contributed by atoms with Crippen molar-refractivity contribution in [3.63, 3.8) is 0 Å². The standard InChI is InChI=1S/C27H36FN5O7S/c1-16-27(5,36)22(32-25(35)40-26(2,3)4)14-21(39-16)17-8-9-29-15-20(17)31-24(34)19-7-6-18(28)23(30-19)33-10-12-41(37,38)13-11-33/h6-9,15-16,21-22,36H,10-14H2,1-5H3,(H,31,34)(H,32,35)/t16-,21-,22-,27-/m1/s1. The Morgan fingerprint density at radius 2 is 1.90 bits per heavy atom. The summed E-state index contributed by atoms with van der Waals surface area (Å²) in [4.78, 5) is 35.5. The number of nitrogens with zero attached hydrogens (tertiary/aromatic N) is 3. The molecule has 2 aliphatic rings. The maximum Gasteiger partial charge on any atom is 0.407 e. The zero-order valence-corrected chi connectivity index (χ0v) is 24.5. The fraction of sp³-hybridized carbons (Fsp3) is 0.556. The van der Waals surface area contributed by atoms with E-state index in [0.717, 1.165) is 6.07 Å². The average Bonchev–Trinajstić information content (AvgIpc) is 2.86. The van der Waals surface area contributed by atoms with E-state index in [2.05, 4.69) is 20.6 Å². The lowest BCUT2D eigenvalue weighted by Crippen LogP contribution is -2.61. The highest BCUT2D eigenvalue weighted by atomic mass is 32.2. The van der Waals surface area contributed by atoms with Crippen LogP contribution in [0.3, 0.4) is 0 Å². The normalized spacial score (nSPS) is 26.2. The summed E-state index contributed by atoms with van der Waals surface area (Å²) in [5.74, 6) is -1.64. The topological polar surface area (TPSA) is 160 Å². The first-order valence-electron chi connectivity index (χ1n) is 13.3. The summed E-state index contributed by atoms with van der Waals surface area (Å²) in [5, 5.41) is 16.6. The van der Waals surface area contributed by atoms with Crippen molar-refractivity contribution in [3.8, 4) is 0 Å². The number of amides is 2. The predicted molar refractivity (Wildman–Crippen MR) is 149 cm³/mol. The van der Waals surface area contributed by atoms with Gasteiger partial charge in [0.05, 0.1) is 41.6 Å². The van der Waals surface area contributed by atoms with Gasteiger partial charge in [0.15, 0.2) is 21.5 Å². The van der Waals surface area contributed by atoms with E-state index in [4.69, 9.17) is 9.47 Å². The van der Waals surface area contributed by atoms with Crippen molar-refractivity contribution in [2.45, 2.75) is 70.5 Å². The van der Waals surface area contributed by atoms with Gasteiger partial charge in [0.25, 0.3) is 5.91 Å². The highest BCUT2D eigenvalue weighted by Gasteiger charge is 2.46. The molecule has 2 fully saturated rings. The van der Waals surface area contributed by atoms with Gasteiger partial charge in [-0.1, -0.05) is 0 Å². The molecular formula is C27H36FN5O7S. The van der Waals surface area contributed by atoms with Crippen LogP contribution in [0.4, 0.5) is 20.7 Å². The van der Waals surface area contributed by atoms with Gasteiger partial charge in [-0.15, -0.1) is 0 Å². The van der Waals surface area contributed by atoms with Crippen molar-refractivity contribution in [1.29, 1.82) is 0 Å². The van der Waals surface area contributed by atoms with Gasteiger partial charge in [-0.3, -0.25) is 9.78 Å². The SMILES string of the molecule is C[C@H]1O[C@@H](c2ccncc2NC(=O)c2ccc(F)c(N3CCS(=O)(=O)CC3)n2)C[C@@H](NC(=O)OC(C)(C)C)[C@]1(C)O. The first-order chi connectivity index (χ1) is 19.1. The number of carbonyl (C=O) groups excluding carboxylic acids is 2. The van der Waals surface area contributed by atoms with Crippen molar-refractivity contribution < 1.29 is 37.0 Å². The quantitative estimate of drug-likeness (QED) is 0.470. The minimum absolute atomic E-state index is 0.0730. The number of sulfone groups is 1. The molecule has 0 bridgehead atoms. The molecule has 12 nitrogen and oxygen atoms in total. The maximum atomic E-state index is 14.6. The van der Waals surface area contributed by atoms with Gasteiger partial charge < -0.3 is 30.1 Å². The maximum absolute atomic E-state index is 14.6. The highest BCUT2D eigenvalue weighted by molar-refractivity contribution is 7.91. The second-order valence-corrected chi connectivity index (χ2v) is 13.8. The van der Waals surface area contributed by atoms with Crippen LogP contribution >= 0.6 is 0 Å². The Bertz CT molecular complexity index is 1400. The Kier molecular flexibility index (Phi) is 8.58. The van der Waals surface area contributed by atoms with Gasteiger partial charge in [0.1, 0.15) is 16.9 Å². The zero-order valence-electron chi connectivity index (χ0n) is 23.7. The molecule has 2 aromatic rings. The Labute approximate surface area is 238 Å². The molecule has 0 aromatic carbocycles. The number of halogens is 1. The van der Waals surface area contributed by atoms with Crippen LogP contribution in [0, 0.1) is 5.82 Å². The van der Waals surface area contributed by atoms with E-state index < -0.39 is 57.1 Å². The van der Waals surface area contributed by atoms with E-state index in [0.29, 0.717) is 11.3 Å². The van der Waals surface area contributed by atoms with E-state index in [9.17, 15) is 27.5 Å². The number of aliphatic hydroxyl groups is 1. The van der Waals surface area contributed by atoms with E-state index in [-0.39, 0.29) is 42.5 Å². The van der Waals surface area contributed by atoms with Crippen LogP contribution in [-0.4, -0.2) is 83.4 Å². The summed E-state index contributed by atoms with van der Waals surface area (Å²) in [5.41, 5.74) is -1.35. The molecule has 0 spiro atoms. The molecule has 0 unspecified atom stereocenters. The third-order valence-electron chi connectivity index (χ3n) is 7.19. The van der Waals surface area contributed by atoms with Crippen LogP contribution in [0.1, 0.15) is 63.2 Å². The third kappa shape index (κ3) is 7.29. The first-order valence-corrected chi connectivity index (χ1v) is 15.1. The van der Waals surface area contributed by atoms with E-state index in [1.54, 1.807) is 40.7 Å². The molecule has 4 rings (SSSR count). The lowest BCUT2D eigenvalue weighted by atomic mass is 9.82. The molecule has 3 N–H and O–H groups in total. The molecule has 2 aliphatic heterocycles. The minimum Gasteiger partial charge on any atom is -0.444 e. The Balaban J connectivity index is 1.53.